The highest BCUT2D eigenvalue weighted by molar-refractivity contribution is 9.10. The normalized spacial score (nSPS) is 12.3. The summed E-state index contributed by atoms with van der Waals surface area (Å²) in [5.41, 5.74) is 3.84. The molecule has 1 atom stereocenters. The third kappa shape index (κ3) is 2.99. The molecule has 0 aliphatic carbocycles. The molecule has 0 aliphatic heterocycles. The van der Waals surface area contributed by atoms with Crippen LogP contribution in [-0.2, 0) is 0 Å². The topological polar surface area (TPSA) is 29.5 Å². The van der Waals surface area contributed by atoms with Crippen LogP contribution in [0.15, 0.2) is 40.9 Å². The summed E-state index contributed by atoms with van der Waals surface area (Å²) in [4.78, 5) is 0. The molecule has 19 heavy (non-hydrogen) atoms. The maximum Gasteiger partial charge on any atom is 0.124 e. The molecule has 0 fully saturated rings. The smallest absolute Gasteiger partial charge is 0.124 e. The summed E-state index contributed by atoms with van der Waals surface area (Å²) in [6.45, 7) is 3.98. The highest BCUT2D eigenvalue weighted by Gasteiger charge is 2.13. The number of ether oxygens (including phenoxy) is 1. The van der Waals surface area contributed by atoms with E-state index in [1.165, 1.54) is 0 Å². The average Bonchev–Trinajstić information content (AvgIpc) is 2.38. The molecule has 1 N–H and O–H groups in total. The van der Waals surface area contributed by atoms with Gasteiger partial charge >= 0.3 is 0 Å². The number of halogens is 1. The molecule has 0 bridgehead atoms. The summed E-state index contributed by atoms with van der Waals surface area (Å²) in [6.07, 6.45) is -0.614. The van der Waals surface area contributed by atoms with E-state index in [0.717, 1.165) is 32.5 Å². The first-order chi connectivity index (χ1) is 9.02. The van der Waals surface area contributed by atoms with Crippen LogP contribution in [0, 0.1) is 13.8 Å². The predicted molar refractivity (Wildman–Crippen MR) is 80.7 cm³/mol. The van der Waals surface area contributed by atoms with Gasteiger partial charge in [-0.15, -0.1) is 0 Å². The monoisotopic (exact) mass is 320 g/mol. The fourth-order valence-electron chi connectivity index (χ4n) is 2.30. The molecule has 0 radical (unpaired) electrons. The van der Waals surface area contributed by atoms with Crippen LogP contribution in [0.3, 0.4) is 0 Å². The van der Waals surface area contributed by atoms with Crippen LogP contribution >= 0.6 is 15.9 Å². The average molecular weight is 321 g/mol. The van der Waals surface area contributed by atoms with Crippen molar-refractivity contribution in [3.63, 3.8) is 0 Å². The van der Waals surface area contributed by atoms with E-state index in [1.54, 1.807) is 7.11 Å². The first kappa shape index (κ1) is 14.1. The van der Waals surface area contributed by atoms with Gasteiger partial charge in [-0.3, -0.25) is 0 Å². The number of aliphatic hydroxyl groups excluding tert-OH is 1. The van der Waals surface area contributed by atoms with E-state index < -0.39 is 6.10 Å². The van der Waals surface area contributed by atoms with Crippen molar-refractivity contribution in [1.29, 1.82) is 0 Å². The van der Waals surface area contributed by atoms with Crippen molar-refractivity contribution in [2.45, 2.75) is 20.0 Å². The molecule has 2 aromatic rings. The molecule has 100 valence electrons. The van der Waals surface area contributed by atoms with Crippen molar-refractivity contribution in [1.82, 2.24) is 0 Å². The summed E-state index contributed by atoms with van der Waals surface area (Å²) in [6, 6.07) is 11.6. The predicted octanol–water partition coefficient (Wildman–Crippen LogP) is 4.16. The fraction of sp³-hybridized carbons (Fsp3) is 0.250. The zero-order valence-electron chi connectivity index (χ0n) is 11.3. The minimum Gasteiger partial charge on any atom is -0.496 e. The lowest BCUT2D eigenvalue weighted by Gasteiger charge is -2.16. The zero-order chi connectivity index (χ0) is 14.0. The van der Waals surface area contributed by atoms with Crippen LogP contribution < -0.4 is 4.74 Å². The number of hydrogen-bond donors (Lipinski definition) is 1. The van der Waals surface area contributed by atoms with E-state index in [4.69, 9.17) is 4.74 Å². The van der Waals surface area contributed by atoms with Crippen LogP contribution in [0.4, 0.5) is 0 Å². The van der Waals surface area contributed by atoms with Gasteiger partial charge < -0.3 is 9.84 Å². The molecular weight excluding hydrogens is 304 g/mol. The number of benzene rings is 2. The SMILES string of the molecule is COc1c(C)cc([C@@H](O)c2ccc(Br)cc2)cc1C. The Balaban J connectivity index is 2.39. The standard InChI is InChI=1S/C16H17BrO2/c1-10-8-13(9-11(2)16(10)19-3)15(18)12-4-6-14(17)7-5-12/h4-9,15,18H,1-3H3/t15-/m0/s1. The highest BCUT2D eigenvalue weighted by Crippen LogP contribution is 2.30. The van der Waals surface area contributed by atoms with Gasteiger partial charge in [0.15, 0.2) is 0 Å². The molecule has 0 spiro atoms. The van der Waals surface area contributed by atoms with Crippen molar-refractivity contribution in [2.24, 2.45) is 0 Å². The summed E-state index contributed by atoms with van der Waals surface area (Å²) >= 11 is 3.39. The van der Waals surface area contributed by atoms with Crippen LogP contribution in [0.2, 0.25) is 0 Å². The lowest BCUT2D eigenvalue weighted by atomic mass is 9.97. The van der Waals surface area contributed by atoms with Crippen LogP contribution in [-0.4, -0.2) is 12.2 Å². The molecule has 0 aromatic heterocycles. The van der Waals surface area contributed by atoms with Gasteiger partial charge in [0.2, 0.25) is 0 Å². The quantitative estimate of drug-likeness (QED) is 0.920. The molecule has 0 saturated heterocycles. The van der Waals surface area contributed by atoms with Crippen molar-refractivity contribution in [3.8, 4) is 5.75 Å². The Morgan fingerprint density at radius 3 is 2.00 bits per heavy atom. The molecule has 3 heteroatoms. The lowest BCUT2D eigenvalue weighted by molar-refractivity contribution is 0.220. The second-order valence-electron chi connectivity index (χ2n) is 4.64. The Morgan fingerprint density at radius 1 is 1.00 bits per heavy atom. The van der Waals surface area contributed by atoms with E-state index in [2.05, 4.69) is 15.9 Å². The fourth-order valence-corrected chi connectivity index (χ4v) is 2.57. The number of methoxy groups -OCH3 is 1. The van der Waals surface area contributed by atoms with Crippen molar-refractivity contribution < 1.29 is 9.84 Å². The largest absolute Gasteiger partial charge is 0.496 e. The van der Waals surface area contributed by atoms with Gasteiger partial charge in [0, 0.05) is 4.47 Å². The highest BCUT2D eigenvalue weighted by atomic mass is 79.9. The minimum atomic E-state index is -0.614. The number of aliphatic hydroxyl groups is 1. The second-order valence-corrected chi connectivity index (χ2v) is 5.56. The van der Waals surface area contributed by atoms with Crippen molar-refractivity contribution >= 4 is 15.9 Å². The number of aryl methyl sites for hydroxylation is 2. The molecule has 2 rings (SSSR count). The van der Waals surface area contributed by atoms with E-state index in [9.17, 15) is 5.11 Å². The number of hydrogen-bond acceptors (Lipinski definition) is 2. The molecule has 0 saturated carbocycles. The Bertz CT molecular complexity index is 553. The molecule has 0 unspecified atom stereocenters. The van der Waals surface area contributed by atoms with Gasteiger partial charge in [-0.1, -0.05) is 28.1 Å². The van der Waals surface area contributed by atoms with Gasteiger partial charge in [-0.2, -0.15) is 0 Å². The van der Waals surface area contributed by atoms with Crippen LogP contribution in [0.5, 0.6) is 5.75 Å². The van der Waals surface area contributed by atoms with Gasteiger partial charge in [0.05, 0.1) is 7.11 Å². The third-order valence-corrected chi connectivity index (χ3v) is 3.72. The van der Waals surface area contributed by atoms with Crippen molar-refractivity contribution in [3.05, 3.63) is 63.1 Å². The summed E-state index contributed by atoms with van der Waals surface area (Å²) in [7, 11) is 1.67. The first-order valence-electron chi connectivity index (χ1n) is 6.11. The summed E-state index contributed by atoms with van der Waals surface area (Å²) in [5.74, 6) is 0.881. The van der Waals surface area contributed by atoms with E-state index in [0.29, 0.717) is 0 Å². The van der Waals surface area contributed by atoms with Crippen molar-refractivity contribution in [2.75, 3.05) is 7.11 Å². The molecule has 2 aromatic carbocycles. The zero-order valence-corrected chi connectivity index (χ0v) is 12.9. The minimum absolute atomic E-state index is 0.614. The molecule has 0 aliphatic rings. The van der Waals surface area contributed by atoms with Gasteiger partial charge in [0.1, 0.15) is 11.9 Å². The third-order valence-electron chi connectivity index (χ3n) is 3.19. The van der Waals surface area contributed by atoms with Gasteiger partial charge in [-0.25, -0.2) is 0 Å². The maximum absolute atomic E-state index is 10.4. The Morgan fingerprint density at radius 2 is 1.53 bits per heavy atom. The summed E-state index contributed by atoms with van der Waals surface area (Å²) in [5, 5.41) is 10.4. The Hall–Kier alpha value is -1.32. The Kier molecular flexibility index (Phi) is 4.27. The second kappa shape index (κ2) is 5.76. The van der Waals surface area contributed by atoms with Gasteiger partial charge in [0.25, 0.3) is 0 Å². The molecular formula is C16H17BrO2. The maximum atomic E-state index is 10.4. The Labute approximate surface area is 122 Å². The molecule has 0 heterocycles. The number of rotatable bonds is 3. The molecule has 0 amide bonds. The van der Waals surface area contributed by atoms with E-state index >= 15 is 0 Å². The van der Waals surface area contributed by atoms with Crippen LogP contribution in [0.1, 0.15) is 28.4 Å². The van der Waals surface area contributed by atoms with E-state index in [-0.39, 0.29) is 0 Å². The molecule has 2 nitrogen and oxygen atoms in total. The van der Waals surface area contributed by atoms with Crippen LogP contribution in [0.25, 0.3) is 0 Å². The van der Waals surface area contributed by atoms with Gasteiger partial charge in [-0.05, 0) is 60.4 Å². The first-order valence-corrected chi connectivity index (χ1v) is 6.91. The summed E-state index contributed by atoms with van der Waals surface area (Å²) < 4.78 is 6.35. The lowest BCUT2D eigenvalue weighted by Crippen LogP contribution is -2.02. The van der Waals surface area contributed by atoms with E-state index in [1.807, 2.05) is 50.2 Å².